The van der Waals surface area contributed by atoms with Gasteiger partial charge in [-0.15, -0.1) is 0 Å². The number of aromatic hydroxyl groups is 6. The van der Waals surface area contributed by atoms with Gasteiger partial charge in [-0.05, 0) is 73.2 Å². The molecule has 0 unspecified atom stereocenters. The van der Waals surface area contributed by atoms with Crippen LogP contribution in [0.4, 0.5) is 0 Å². The molecule has 0 saturated heterocycles. The lowest BCUT2D eigenvalue weighted by Gasteiger charge is -2.44. The summed E-state index contributed by atoms with van der Waals surface area (Å²) in [6, 6.07) is 19.9. The summed E-state index contributed by atoms with van der Waals surface area (Å²) in [4.78, 5) is 0. The summed E-state index contributed by atoms with van der Waals surface area (Å²) in [6.45, 7) is 1.73. The zero-order valence-electron chi connectivity index (χ0n) is 22.4. The average molecular weight is 575 g/mol. The highest BCUT2D eigenvalue weighted by Crippen LogP contribution is 2.62. The molecule has 1 atom stereocenters. The molecule has 6 aromatic rings. The fraction of sp³-hybridized carbons (Fsp3) is 0.0588. The minimum Gasteiger partial charge on any atom is -0.508 e. The van der Waals surface area contributed by atoms with E-state index in [0.717, 1.165) is 11.5 Å². The molecule has 2 aliphatic heterocycles. The normalized spacial score (nSPS) is 16.1. The van der Waals surface area contributed by atoms with Crippen LogP contribution >= 0.6 is 0 Å². The van der Waals surface area contributed by atoms with Crippen molar-refractivity contribution in [3.05, 3.63) is 95.6 Å². The van der Waals surface area contributed by atoms with E-state index in [1.807, 2.05) is 0 Å². The van der Waals surface area contributed by atoms with Gasteiger partial charge in [0.25, 0.3) is 0 Å². The van der Waals surface area contributed by atoms with Crippen LogP contribution in [-0.2, 0) is 5.79 Å². The first-order valence-electron chi connectivity index (χ1n) is 13.3. The number of hydrogen-bond acceptors (Lipinski definition) is 9. The van der Waals surface area contributed by atoms with Gasteiger partial charge < -0.3 is 44.5 Å². The predicted molar refractivity (Wildman–Crippen MR) is 156 cm³/mol. The highest BCUT2D eigenvalue weighted by molar-refractivity contribution is 5.95. The summed E-state index contributed by atoms with van der Waals surface area (Å²) in [7, 11) is 0. The smallest absolute Gasteiger partial charge is 0.310 e. The van der Waals surface area contributed by atoms with E-state index in [9.17, 15) is 30.6 Å². The second-order valence-electron chi connectivity index (χ2n) is 10.7. The Kier molecular flexibility index (Phi) is 4.78. The standard InChI is InChI=1S/C34H22O9/c1-15-8-22-30-25(39)9-17(26-10-16-2-3-19(36)13-27(16)41-26)11-29(30)43-34(23-7-5-18(35)12-24(23)38)32(22)31(33(15)40)21-6-4-20(37)14-28(21)42-34/h2-14,35-40H,1H3/t34-/m0/s1. The van der Waals surface area contributed by atoms with Crippen molar-refractivity contribution in [2.24, 2.45) is 0 Å². The Morgan fingerprint density at radius 3 is 2.14 bits per heavy atom. The fourth-order valence-corrected chi connectivity index (χ4v) is 6.14. The van der Waals surface area contributed by atoms with Crippen LogP contribution in [-0.4, -0.2) is 30.6 Å². The number of fused-ring (bicyclic) bond motifs is 5. The van der Waals surface area contributed by atoms with Gasteiger partial charge >= 0.3 is 5.79 Å². The number of aryl methyl sites for hydroxylation is 1. The van der Waals surface area contributed by atoms with Crippen molar-refractivity contribution in [3.8, 4) is 79.6 Å². The maximum atomic E-state index is 11.5. The lowest BCUT2D eigenvalue weighted by Crippen LogP contribution is -2.45. The molecule has 212 valence electrons. The predicted octanol–water partition coefficient (Wildman–Crippen LogP) is 6.96. The first-order valence-corrected chi connectivity index (χ1v) is 13.3. The zero-order valence-corrected chi connectivity index (χ0v) is 22.4. The van der Waals surface area contributed by atoms with Crippen LogP contribution in [0.3, 0.4) is 0 Å². The van der Waals surface area contributed by atoms with Crippen LogP contribution < -0.4 is 9.47 Å². The van der Waals surface area contributed by atoms with Gasteiger partial charge in [-0.2, -0.15) is 0 Å². The Bertz CT molecular complexity index is 2180. The highest BCUT2D eigenvalue weighted by Gasteiger charge is 2.53. The Balaban J connectivity index is 1.46. The van der Waals surface area contributed by atoms with E-state index >= 15 is 0 Å². The summed E-state index contributed by atoms with van der Waals surface area (Å²) >= 11 is 0. The van der Waals surface area contributed by atoms with Gasteiger partial charge in [0.05, 0.1) is 16.7 Å². The maximum absolute atomic E-state index is 11.5. The number of hydrogen-bond donors (Lipinski definition) is 6. The van der Waals surface area contributed by atoms with Crippen LogP contribution in [0.1, 0.15) is 16.7 Å². The average Bonchev–Trinajstić information content (AvgIpc) is 3.38. The molecule has 0 spiro atoms. The summed E-state index contributed by atoms with van der Waals surface area (Å²) < 4.78 is 19.2. The van der Waals surface area contributed by atoms with Crippen molar-refractivity contribution in [3.63, 3.8) is 0 Å². The number of phenolic OH excluding ortho intramolecular Hbond substituents is 6. The van der Waals surface area contributed by atoms with Crippen molar-refractivity contribution in [1.29, 1.82) is 0 Å². The minimum atomic E-state index is -1.92. The van der Waals surface area contributed by atoms with Gasteiger partial charge in [-0.25, -0.2) is 0 Å². The van der Waals surface area contributed by atoms with Crippen molar-refractivity contribution in [2.75, 3.05) is 0 Å². The number of furan rings is 1. The van der Waals surface area contributed by atoms with Crippen LogP contribution in [0, 0.1) is 6.92 Å². The van der Waals surface area contributed by atoms with Crippen molar-refractivity contribution >= 4 is 11.0 Å². The van der Waals surface area contributed by atoms with E-state index in [0.29, 0.717) is 50.3 Å². The molecule has 0 fully saturated rings. The topological polar surface area (TPSA) is 153 Å². The molecule has 0 aliphatic carbocycles. The number of ether oxygens (including phenoxy) is 2. The third-order valence-corrected chi connectivity index (χ3v) is 8.04. The van der Waals surface area contributed by atoms with Gasteiger partial charge in [-0.1, -0.05) is 0 Å². The van der Waals surface area contributed by atoms with E-state index in [1.54, 1.807) is 43.3 Å². The Morgan fingerprint density at radius 2 is 1.33 bits per heavy atom. The SMILES string of the molecule is Cc1cc2c3c(c1O)-c1ccc(O)cc1O[C@@]3(c1ccc(O)cc1O)Oc1cc(-c3cc4ccc(O)cc4o3)cc(O)c1-2. The lowest BCUT2D eigenvalue weighted by molar-refractivity contribution is -0.0894. The van der Waals surface area contributed by atoms with Crippen LogP contribution in [0.2, 0.25) is 0 Å². The van der Waals surface area contributed by atoms with Crippen LogP contribution in [0.15, 0.2) is 83.3 Å². The molecule has 1 aromatic heterocycles. The van der Waals surface area contributed by atoms with Crippen molar-refractivity contribution < 1.29 is 44.5 Å². The summed E-state index contributed by atoms with van der Waals surface area (Å²) in [6.07, 6.45) is 0. The third kappa shape index (κ3) is 3.39. The monoisotopic (exact) mass is 574 g/mol. The Labute approximate surface area is 243 Å². The maximum Gasteiger partial charge on any atom is 0.310 e. The Hall–Kier alpha value is -5.96. The number of benzene rings is 5. The zero-order chi connectivity index (χ0) is 29.8. The van der Waals surface area contributed by atoms with Gasteiger partial charge in [0.2, 0.25) is 0 Å². The second kappa shape index (κ2) is 8.29. The first-order chi connectivity index (χ1) is 20.6. The molecular formula is C34H22O9. The number of rotatable bonds is 2. The van der Waals surface area contributed by atoms with Gasteiger partial charge in [0.1, 0.15) is 57.3 Å². The van der Waals surface area contributed by atoms with E-state index in [4.69, 9.17) is 13.9 Å². The molecule has 8 rings (SSSR count). The van der Waals surface area contributed by atoms with Crippen LogP contribution in [0.5, 0.6) is 46.0 Å². The fourth-order valence-electron chi connectivity index (χ4n) is 6.14. The summed E-state index contributed by atoms with van der Waals surface area (Å²) in [5.74, 6) is -1.95. The molecule has 2 aliphatic rings. The van der Waals surface area contributed by atoms with Crippen LogP contribution in [0.25, 0.3) is 44.5 Å². The van der Waals surface area contributed by atoms with E-state index in [2.05, 4.69) is 0 Å². The van der Waals surface area contributed by atoms with Crippen molar-refractivity contribution in [2.45, 2.75) is 12.7 Å². The molecule has 9 nitrogen and oxygen atoms in total. The lowest BCUT2D eigenvalue weighted by atomic mass is 9.78. The van der Waals surface area contributed by atoms with Crippen molar-refractivity contribution in [1.82, 2.24) is 0 Å². The highest BCUT2D eigenvalue weighted by atomic mass is 16.7. The molecule has 3 heterocycles. The first kappa shape index (κ1) is 24.8. The second-order valence-corrected chi connectivity index (χ2v) is 10.7. The Morgan fingerprint density at radius 1 is 0.605 bits per heavy atom. The quantitative estimate of drug-likeness (QED) is 0.129. The summed E-state index contributed by atoms with van der Waals surface area (Å²) in [5, 5.41) is 65.1. The molecule has 0 saturated carbocycles. The third-order valence-electron chi connectivity index (χ3n) is 8.04. The molecule has 0 radical (unpaired) electrons. The van der Waals surface area contributed by atoms with E-state index < -0.39 is 5.79 Å². The summed E-state index contributed by atoms with van der Waals surface area (Å²) in [5.41, 5.74) is 3.48. The molecule has 0 bridgehead atoms. The largest absolute Gasteiger partial charge is 0.508 e. The van der Waals surface area contributed by atoms with E-state index in [-0.39, 0.29) is 51.6 Å². The van der Waals surface area contributed by atoms with E-state index in [1.165, 1.54) is 36.4 Å². The molecular weight excluding hydrogens is 552 g/mol. The number of phenols is 6. The molecule has 5 aromatic carbocycles. The molecule has 0 amide bonds. The van der Waals surface area contributed by atoms with Gasteiger partial charge in [-0.3, -0.25) is 0 Å². The molecule has 6 N–H and O–H groups in total. The molecule has 43 heavy (non-hydrogen) atoms. The minimum absolute atomic E-state index is 0.0486. The van der Waals surface area contributed by atoms with Gasteiger partial charge in [0, 0.05) is 45.8 Å². The molecule has 9 heteroatoms. The van der Waals surface area contributed by atoms with Gasteiger partial charge in [0.15, 0.2) is 0 Å².